The number of hydrogen-bond acceptors (Lipinski definition) is 5. The van der Waals surface area contributed by atoms with Crippen molar-refractivity contribution in [3.63, 3.8) is 0 Å². The maximum atomic E-state index is 12.2. The number of benzene rings is 1. The molecule has 4 heterocycles. The lowest BCUT2D eigenvalue weighted by Crippen LogP contribution is -2.37. The van der Waals surface area contributed by atoms with Gasteiger partial charge in [-0.1, -0.05) is 32.0 Å². The van der Waals surface area contributed by atoms with Gasteiger partial charge in [-0.15, -0.1) is 0 Å². The number of pyridine rings is 2. The number of nitrogens with zero attached hydrogens (tertiary/aromatic N) is 5. The first-order valence-corrected chi connectivity index (χ1v) is 12.5. The van der Waals surface area contributed by atoms with Gasteiger partial charge in [0.1, 0.15) is 11.5 Å². The number of hydrogen-bond donors (Lipinski definition) is 1. The van der Waals surface area contributed by atoms with E-state index in [1.54, 1.807) is 19.2 Å². The highest BCUT2D eigenvalue weighted by Gasteiger charge is 2.26. The van der Waals surface area contributed by atoms with E-state index in [9.17, 15) is 9.59 Å². The summed E-state index contributed by atoms with van der Waals surface area (Å²) in [5.74, 6) is 0.953. The largest absolute Gasteiger partial charge is 0.351 e. The van der Waals surface area contributed by atoms with E-state index >= 15 is 0 Å². The number of fused-ring (bicyclic) bond motifs is 2. The van der Waals surface area contributed by atoms with Crippen molar-refractivity contribution in [1.29, 1.82) is 0 Å². The molecule has 0 spiro atoms. The Morgan fingerprint density at radius 3 is 2.64 bits per heavy atom. The van der Waals surface area contributed by atoms with Crippen LogP contribution < -0.4 is 5.32 Å². The van der Waals surface area contributed by atoms with Gasteiger partial charge in [-0.3, -0.25) is 19.6 Å². The molecule has 5 rings (SSSR count). The van der Waals surface area contributed by atoms with Gasteiger partial charge in [0, 0.05) is 61.9 Å². The first-order chi connectivity index (χ1) is 17.5. The van der Waals surface area contributed by atoms with Crippen molar-refractivity contribution in [1.82, 2.24) is 29.7 Å². The van der Waals surface area contributed by atoms with Crippen molar-refractivity contribution in [3.8, 4) is 22.5 Å². The average Bonchev–Trinajstić information content (AvgIpc) is 3.29. The number of rotatable bonds is 6. The fraction of sp³-hybridized carbons (Fsp3) is 0.321. The fourth-order valence-electron chi connectivity index (χ4n) is 4.74. The zero-order chi connectivity index (χ0) is 25.2. The van der Waals surface area contributed by atoms with Crippen LogP contribution in [0.25, 0.3) is 33.3 Å². The zero-order valence-corrected chi connectivity index (χ0v) is 20.9. The third-order valence-electron chi connectivity index (χ3n) is 6.69. The molecule has 2 amide bonds. The van der Waals surface area contributed by atoms with Gasteiger partial charge in [-0.2, -0.15) is 0 Å². The highest BCUT2D eigenvalue weighted by molar-refractivity contribution is 5.97. The molecule has 4 aromatic rings. The summed E-state index contributed by atoms with van der Waals surface area (Å²) in [6, 6.07) is 11.8. The monoisotopic (exact) mass is 482 g/mol. The third kappa shape index (κ3) is 4.34. The predicted molar refractivity (Wildman–Crippen MR) is 139 cm³/mol. The number of aromatic nitrogens is 4. The second-order valence-electron chi connectivity index (χ2n) is 9.05. The Balaban J connectivity index is 1.51. The van der Waals surface area contributed by atoms with Crippen LogP contribution in [0.5, 0.6) is 0 Å². The minimum atomic E-state index is -0.169. The van der Waals surface area contributed by atoms with Crippen molar-refractivity contribution in [2.45, 2.75) is 46.7 Å². The van der Waals surface area contributed by atoms with Gasteiger partial charge in [-0.25, -0.2) is 4.98 Å². The topological polar surface area (TPSA) is 93.0 Å². The van der Waals surface area contributed by atoms with Crippen molar-refractivity contribution < 1.29 is 9.59 Å². The van der Waals surface area contributed by atoms with Crippen molar-refractivity contribution in [3.05, 3.63) is 66.0 Å². The number of aryl methyl sites for hydroxylation is 1. The molecule has 1 N–H and O–H groups in total. The maximum absolute atomic E-state index is 12.2. The van der Waals surface area contributed by atoms with E-state index in [-0.39, 0.29) is 11.8 Å². The summed E-state index contributed by atoms with van der Waals surface area (Å²) in [4.78, 5) is 40.2. The molecule has 8 nitrogen and oxygen atoms in total. The van der Waals surface area contributed by atoms with Gasteiger partial charge in [0.05, 0.1) is 23.6 Å². The van der Waals surface area contributed by atoms with Crippen molar-refractivity contribution in [2.24, 2.45) is 0 Å². The van der Waals surface area contributed by atoms with E-state index in [2.05, 4.69) is 33.9 Å². The lowest BCUT2D eigenvalue weighted by molar-refractivity contribution is -0.130. The molecule has 0 fully saturated rings. The van der Waals surface area contributed by atoms with Crippen LogP contribution in [0, 0.1) is 0 Å². The summed E-state index contributed by atoms with van der Waals surface area (Å²) in [6.07, 6.45) is 5.28. The highest BCUT2D eigenvalue weighted by Crippen LogP contribution is 2.34. The number of imidazole rings is 1. The number of nitrogens with one attached hydrogen (secondary N) is 1. The highest BCUT2D eigenvalue weighted by atomic mass is 16.2. The van der Waals surface area contributed by atoms with Gasteiger partial charge in [0.25, 0.3) is 5.91 Å². The molecule has 0 aliphatic carbocycles. The normalized spacial score (nSPS) is 13.0. The van der Waals surface area contributed by atoms with Gasteiger partial charge >= 0.3 is 0 Å². The first kappa shape index (κ1) is 23.7. The zero-order valence-electron chi connectivity index (χ0n) is 20.9. The molecular formula is C28H30N6O2. The van der Waals surface area contributed by atoms with E-state index in [1.807, 2.05) is 36.2 Å². The lowest BCUT2D eigenvalue weighted by Gasteiger charge is -2.28. The van der Waals surface area contributed by atoms with Gasteiger partial charge in [0.15, 0.2) is 0 Å². The molecule has 3 aromatic heterocycles. The molecule has 0 saturated carbocycles. The molecule has 0 radical (unpaired) electrons. The standard InChI is InChI=1S/C28H30N6O2/c1-4-11-29-28(36)23-10-9-20(15-30-23)24-14-19-7-6-8-21(22(19)16-31-24)27-25-17-33(18(3)35)12-13-34(25)26(5-2)32-27/h6-10,14-16H,4-5,11-13,17H2,1-3H3,(H,29,36). The average molecular weight is 483 g/mol. The minimum absolute atomic E-state index is 0.0816. The molecule has 0 unspecified atom stereocenters. The molecule has 1 aliphatic heterocycles. The fourth-order valence-corrected chi connectivity index (χ4v) is 4.74. The molecule has 184 valence electrons. The molecule has 1 aromatic carbocycles. The van der Waals surface area contributed by atoms with Crippen LogP contribution in [-0.4, -0.2) is 49.3 Å². The minimum Gasteiger partial charge on any atom is -0.351 e. The Kier molecular flexibility index (Phi) is 6.50. The summed E-state index contributed by atoms with van der Waals surface area (Å²) < 4.78 is 2.26. The molecule has 1 aliphatic rings. The summed E-state index contributed by atoms with van der Waals surface area (Å²) in [5, 5.41) is 4.89. The van der Waals surface area contributed by atoms with Gasteiger partial charge < -0.3 is 14.8 Å². The molecule has 0 atom stereocenters. The Hall–Kier alpha value is -4.07. The van der Waals surface area contributed by atoms with Gasteiger partial charge in [0.2, 0.25) is 5.91 Å². The van der Waals surface area contributed by atoms with E-state index < -0.39 is 0 Å². The lowest BCUT2D eigenvalue weighted by atomic mass is 10.0. The second kappa shape index (κ2) is 9.89. The Morgan fingerprint density at radius 2 is 1.92 bits per heavy atom. The second-order valence-corrected chi connectivity index (χ2v) is 9.05. The van der Waals surface area contributed by atoms with Gasteiger partial charge in [-0.05, 0) is 30.0 Å². The summed E-state index contributed by atoms with van der Waals surface area (Å²) in [7, 11) is 0. The van der Waals surface area contributed by atoms with Crippen LogP contribution in [-0.2, 0) is 24.3 Å². The Morgan fingerprint density at radius 1 is 1.06 bits per heavy atom. The van der Waals surface area contributed by atoms with Crippen LogP contribution in [0.3, 0.4) is 0 Å². The van der Waals surface area contributed by atoms with Crippen LogP contribution in [0.15, 0.2) is 48.8 Å². The first-order valence-electron chi connectivity index (χ1n) is 12.5. The van der Waals surface area contributed by atoms with Crippen molar-refractivity contribution in [2.75, 3.05) is 13.1 Å². The molecular weight excluding hydrogens is 452 g/mol. The number of carbonyl (C=O) groups excluding carboxylic acids is 2. The van der Waals surface area contributed by atoms with Crippen LogP contribution >= 0.6 is 0 Å². The van der Waals surface area contributed by atoms with Crippen LogP contribution in [0.1, 0.15) is 49.2 Å². The van der Waals surface area contributed by atoms with Crippen LogP contribution in [0.4, 0.5) is 0 Å². The van der Waals surface area contributed by atoms with Crippen LogP contribution in [0.2, 0.25) is 0 Å². The third-order valence-corrected chi connectivity index (χ3v) is 6.69. The molecule has 0 bridgehead atoms. The van der Waals surface area contributed by atoms with E-state index in [0.29, 0.717) is 25.3 Å². The smallest absolute Gasteiger partial charge is 0.269 e. The number of amides is 2. The summed E-state index contributed by atoms with van der Waals surface area (Å²) in [5.41, 5.74) is 5.04. The number of carbonyl (C=O) groups is 2. The Labute approximate surface area is 210 Å². The Bertz CT molecular complexity index is 1440. The summed E-state index contributed by atoms with van der Waals surface area (Å²) >= 11 is 0. The SMILES string of the molecule is CCCNC(=O)c1ccc(-c2cc3cccc(-c4nc(CC)n5c4CN(C(C)=O)CC5)c3cn2)cn1. The molecule has 0 saturated heterocycles. The van der Waals surface area contributed by atoms with E-state index in [4.69, 9.17) is 9.97 Å². The van der Waals surface area contributed by atoms with Crippen molar-refractivity contribution >= 4 is 22.6 Å². The summed E-state index contributed by atoms with van der Waals surface area (Å²) in [6.45, 7) is 8.40. The quantitative estimate of drug-likeness (QED) is 0.444. The molecule has 36 heavy (non-hydrogen) atoms. The van der Waals surface area contributed by atoms with E-state index in [0.717, 1.165) is 64.2 Å². The maximum Gasteiger partial charge on any atom is 0.269 e. The van der Waals surface area contributed by atoms with E-state index in [1.165, 1.54) is 0 Å². The molecule has 8 heteroatoms. The predicted octanol–water partition coefficient (Wildman–Crippen LogP) is 4.22.